The molecule has 0 N–H and O–H groups in total. The number of halogens is 2. The normalized spacial score (nSPS) is 12.7. The molecule has 0 aromatic heterocycles. The molecule has 0 aliphatic rings. The predicted octanol–water partition coefficient (Wildman–Crippen LogP) is 5.22. The third-order valence-corrected chi connectivity index (χ3v) is 8.63. The summed E-state index contributed by atoms with van der Waals surface area (Å²) in [6, 6.07) is 3.15. The fourth-order valence-corrected chi connectivity index (χ4v) is 8.78. The van der Waals surface area contributed by atoms with E-state index in [-0.39, 0.29) is 5.75 Å². The minimum Gasteiger partial charge on any atom is -0.521 e. The van der Waals surface area contributed by atoms with Gasteiger partial charge in [-0.2, -0.15) is 0 Å². The van der Waals surface area contributed by atoms with Crippen molar-refractivity contribution in [2.45, 2.75) is 52.9 Å². The number of hydrogen-bond donors (Lipinski definition) is 0. The summed E-state index contributed by atoms with van der Waals surface area (Å²) in [5.41, 5.74) is 0. The first-order chi connectivity index (χ1) is 10.5. The molecule has 1 aromatic carbocycles. The summed E-state index contributed by atoms with van der Waals surface area (Å²) >= 11 is 0. The maximum Gasteiger partial charge on any atom is 0.383 e. The molecule has 0 amide bonds. The number of rotatable bonds is 9. The van der Waals surface area contributed by atoms with Gasteiger partial charge >= 0.3 is 17.1 Å². The van der Waals surface area contributed by atoms with Crippen LogP contribution in [0.3, 0.4) is 0 Å². The van der Waals surface area contributed by atoms with Crippen LogP contribution in [-0.2, 0) is 8.54 Å². The zero-order valence-corrected chi connectivity index (χ0v) is 16.9. The molecule has 0 bridgehead atoms. The summed E-state index contributed by atoms with van der Waals surface area (Å²) in [5.74, 6) is -0.512. The number of benzene rings is 1. The van der Waals surface area contributed by atoms with Gasteiger partial charge in [0.15, 0.2) is 0 Å². The van der Waals surface area contributed by atoms with Crippen molar-refractivity contribution in [3.05, 3.63) is 29.8 Å². The second-order valence-corrected chi connectivity index (χ2v) is 13.9. The quantitative estimate of drug-likeness (QED) is 0.445. The zero-order chi connectivity index (χ0) is 17.7. The van der Waals surface area contributed by atoms with Gasteiger partial charge < -0.3 is 13.0 Å². The summed E-state index contributed by atoms with van der Waals surface area (Å²) in [6.45, 7) is 12.7. The fourth-order valence-electron chi connectivity index (χ4n) is 2.32. The van der Waals surface area contributed by atoms with Crippen molar-refractivity contribution in [1.82, 2.24) is 0 Å². The van der Waals surface area contributed by atoms with Crippen LogP contribution in [0.1, 0.15) is 26.7 Å². The molecule has 3 nitrogen and oxygen atoms in total. The highest BCUT2D eigenvalue weighted by atomic mass is 28.5. The Kier molecular flexibility index (Phi) is 7.38. The molecule has 1 aromatic rings. The van der Waals surface area contributed by atoms with E-state index in [9.17, 15) is 8.78 Å². The topological polar surface area (TPSA) is 27.7 Å². The van der Waals surface area contributed by atoms with Gasteiger partial charge in [0, 0.05) is 24.8 Å². The maximum atomic E-state index is 13.3. The molecule has 0 spiro atoms. The van der Waals surface area contributed by atoms with Gasteiger partial charge in [-0.05, 0) is 44.9 Å². The van der Waals surface area contributed by atoms with E-state index in [4.69, 9.17) is 13.0 Å². The molecule has 0 unspecified atom stereocenters. The van der Waals surface area contributed by atoms with Crippen molar-refractivity contribution < 1.29 is 21.7 Å². The van der Waals surface area contributed by atoms with Crippen molar-refractivity contribution in [3.8, 4) is 5.75 Å². The van der Waals surface area contributed by atoms with E-state index in [0.29, 0.717) is 12.5 Å². The molecule has 132 valence electrons. The van der Waals surface area contributed by atoms with Gasteiger partial charge in [-0.1, -0.05) is 13.8 Å². The molecular weight excluding hydrogens is 334 g/mol. The minimum atomic E-state index is -2.60. The summed E-state index contributed by atoms with van der Waals surface area (Å²) < 4.78 is 44.3. The lowest BCUT2D eigenvalue weighted by molar-refractivity contribution is 0.222. The minimum absolute atomic E-state index is 0.156. The van der Waals surface area contributed by atoms with E-state index < -0.39 is 28.8 Å². The highest BCUT2D eigenvalue weighted by molar-refractivity contribution is 6.79. The van der Waals surface area contributed by atoms with Crippen molar-refractivity contribution in [2.24, 2.45) is 5.92 Å². The average molecular weight is 363 g/mol. The summed E-state index contributed by atoms with van der Waals surface area (Å²) in [7, 11) is -4.95. The molecule has 0 heterocycles. The molecule has 0 fully saturated rings. The summed E-state index contributed by atoms with van der Waals surface area (Å²) in [6.07, 6.45) is 2.11. The molecule has 0 aliphatic heterocycles. The van der Waals surface area contributed by atoms with E-state index in [2.05, 4.69) is 13.8 Å². The summed E-state index contributed by atoms with van der Waals surface area (Å²) in [5, 5.41) is 0. The van der Waals surface area contributed by atoms with Crippen LogP contribution in [0.4, 0.5) is 8.78 Å². The first-order valence-corrected chi connectivity index (χ1v) is 13.6. The standard InChI is InChI=1S/C16H28F2O3Si2/c1-13(2)8-7-9-19-22(3,4)21-23(5,6)20-16-11-14(17)10-15(18)12-16/h10-13H,7-9H2,1-6H3. The zero-order valence-electron chi connectivity index (χ0n) is 14.9. The lowest BCUT2D eigenvalue weighted by atomic mass is 10.1. The van der Waals surface area contributed by atoms with Crippen molar-refractivity contribution >= 4 is 17.1 Å². The second kappa shape index (κ2) is 8.37. The van der Waals surface area contributed by atoms with Crippen LogP contribution in [0.25, 0.3) is 0 Å². The highest BCUT2D eigenvalue weighted by Gasteiger charge is 2.37. The molecular formula is C16H28F2O3Si2. The van der Waals surface area contributed by atoms with E-state index in [0.717, 1.165) is 18.9 Å². The molecule has 0 atom stereocenters. The molecule has 23 heavy (non-hydrogen) atoms. The van der Waals surface area contributed by atoms with Gasteiger partial charge in [-0.15, -0.1) is 0 Å². The van der Waals surface area contributed by atoms with E-state index >= 15 is 0 Å². The van der Waals surface area contributed by atoms with Crippen LogP contribution >= 0.6 is 0 Å². The lowest BCUT2D eigenvalue weighted by Gasteiger charge is -2.33. The maximum absolute atomic E-state index is 13.3. The van der Waals surface area contributed by atoms with Gasteiger partial charge in [0.1, 0.15) is 17.4 Å². The Hall–Kier alpha value is -0.766. The number of hydrogen-bond acceptors (Lipinski definition) is 3. The Bertz CT molecular complexity index is 488. The van der Waals surface area contributed by atoms with Crippen LogP contribution < -0.4 is 4.43 Å². The van der Waals surface area contributed by atoms with E-state index in [1.54, 1.807) is 0 Å². The molecule has 1 rings (SSSR count). The Morgan fingerprint density at radius 3 is 2.04 bits per heavy atom. The lowest BCUT2D eigenvalue weighted by Crippen LogP contribution is -2.50. The van der Waals surface area contributed by atoms with Gasteiger partial charge in [-0.25, -0.2) is 8.78 Å². The first kappa shape index (κ1) is 20.3. The fraction of sp³-hybridized carbons (Fsp3) is 0.625. The van der Waals surface area contributed by atoms with E-state index in [1.165, 1.54) is 12.1 Å². The van der Waals surface area contributed by atoms with Crippen molar-refractivity contribution in [2.75, 3.05) is 6.61 Å². The Balaban J connectivity index is 2.58. The monoisotopic (exact) mass is 362 g/mol. The van der Waals surface area contributed by atoms with Gasteiger partial charge in [-0.3, -0.25) is 0 Å². The van der Waals surface area contributed by atoms with Crippen molar-refractivity contribution in [1.29, 1.82) is 0 Å². The predicted molar refractivity (Wildman–Crippen MR) is 93.1 cm³/mol. The Morgan fingerprint density at radius 1 is 0.957 bits per heavy atom. The van der Waals surface area contributed by atoms with Gasteiger partial charge in [0.25, 0.3) is 0 Å². The van der Waals surface area contributed by atoms with Crippen molar-refractivity contribution in [3.63, 3.8) is 0 Å². The van der Waals surface area contributed by atoms with Crippen LogP contribution in [0.5, 0.6) is 5.75 Å². The smallest absolute Gasteiger partial charge is 0.383 e. The van der Waals surface area contributed by atoms with E-state index in [1.807, 2.05) is 26.2 Å². The molecule has 0 saturated heterocycles. The molecule has 7 heteroatoms. The van der Waals surface area contributed by atoms with Crippen LogP contribution in [0.2, 0.25) is 26.2 Å². The largest absolute Gasteiger partial charge is 0.521 e. The Labute approximate surface area is 140 Å². The first-order valence-electron chi connectivity index (χ1n) is 7.98. The molecule has 0 radical (unpaired) electrons. The van der Waals surface area contributed by atoms with Crippen LogP contribution in [-0.4, -0.2) is 23.7 Å². The molecule has 0 aliphatic carbocycles. The SMILES string of the molecule is CC(C)CCCO[Si](C)(C)O[Si](C)(C)Oc1cc(F)cc(F)c1. The average Bonchev–Trinajstić information content (AvgIpc) is 2.30. The summed E-state index contributed by atoms with van der Waals surface area (Å²) in [4.78, 5) is 0. The highest BCUT2D eigenvalue weighted by Crippen LogP contribution is 2.23. The Morgan fingerprint density at radius 2 is 1.52 bits per heavy atom. The third-order valence-electron chi connectivity index (χ3n) is 3.07. The third kappa shape index (κ3) is 8.59. The molecule has 0 saturated carbocycles. The van der Waals surface area contributed by atoms with Gasteiger partial charge in [0.2, 0.25) is 0 Å². The second-order valence-electron chi connectivity index (χ2n) is 6.99. The van der Waals surface area contributed by atoms with Crippen LogP contribution in [0.15, 0.2) is 18.2 Å². The van der Waals surface area contributed by atoms with Gasteiger partial charge in [0.05, 0.1) is 0 Å². The van der Waals surface area contributed by atoms with Crippen LogP contribution in [0, 0.1) is 17.6 Å².